The van der Waals surface area contributed by atoms with E-state index in [-0.39, 0.29) is 5.41 Å². The molecule has 2 heteroatoms. The van der Waals surface area contributed by atoms with E-state index in [1.54, 1.807) is 0 Å². The van der Waals surface area contributed by atoms with E-state index in [0.717, 1.165) is 32.2 Å². The fraction of sp³-hybridized carbons (Fsp3) is 0.500. The highest BCUT2D eigenvalue weighted by atomic mass is 16.3. The number of hydrogen-bond acceptors (Lipinski definition) is 2. The molecule has 0 heterocycles. The average Bonchev–Trinajstić information content (AvgIpc) is 2.49. The third-order valence-electron chi connectivity index (χ3n) is 5.26. The Labute approximate surface area is 133 Å². The maximum Gasteiger partial charge on any atom is 0.0620 e. The lowest BCUT2D eigenvalue weighted by molar-refractivity contribution is -0.00433. The van der Waals surface area contributed by atoms with Crippen molar-refractivity contribution in [1.29, 1.82) is 0 Å². The molecular formula is C20H27NO. The van der Waals surface area contributed by atoms with Crippen molar-refractivity contribution in [3.63, 3.8) is 0 Å². The Morgan fingerprint density at radius 3 is 2.23 bits per heavy atom. The third kappa shape index (κ3) is 3.04. The Hall–Kier alpha value is -1.38. The van der Waals surface area contributed by atoms with Crippen molar-refractivity contribution in [3.8, 4) is 0 Å². The minimum atomic E-state index is -0.493. The van der Waals surface area contributed by atoms with Crippen LogP contribution in [-0.4, -0.2) is 36.2 Å². The van der Waals surface area contributed by atoms with E-state index in [1.807, 2.05) is 6.92 Å². The number of nitrogens with zero attached hydrogens (tertiary/aromatic N) is 1. The van der Waals surface area contributed by atoms with Gasteiger partial charge >= 0.3 is 0 Å². The standard InChI is InChI=1S/C20H27NO/c1-19(22)10-12-20(13-11-19,15-21(2)3)18-9-8-16-6-4-5-7-17(16)14-18/h4-9,14,22H,10-13,15H2,1-3H3/t19-,20+. The summed E-state index contributed by atoms with van der Waals surface area (Å²) in [5.41, 5.74) is 1.10. The van der Waals surface area contributed by atoms with Gasteiger partial charge < -0.3 is 10.0 Å². The zero-order chi connectivity index (χ0) is 15.8. The van der Waals surface area contributed by atoms with Gasteiger partial charge in [0.05, 0.1) is 5.60 Å². The lowest BCUT2D eigenvalue weighted by Crippen LogP contribution is -2.45. The summed E-state index contributed by atoms with van der Waals surface area (Å²) in [6, 6.07) is 15.5. The van der Waals surface area contributed by atoms with Crippen molar-refractivity contribution < 1.29 is 5.11 Å². The molecule has 0 spiro atoms. The second-order valence-electron chi connectivity index (χ2n) is 7.58. The predicted octanol–water partition coefficient (Wildman–Crippen LogP) is 3.96. The van der Waals surface area contributed by atoms with E-state index < -0.39 is 5.60 Å². The summed E-state index contributed by atoms with van der Waals surface area (Å²) in [7, 11) is 4.30. The van der Waals surface area contributed by atoms with E-state index in [9.17, 15) is 5.11 Å². The monoisotopic (exact) mass is 297 g/mol. The molecule has 0 aromatic heterocycles. The first-order chi connectivity index (χ1) is 10.4. The number of benzene rings is 2. The first-order valence-electron chi connectivity index (χ1n) is 8.27. The SMILES string of the molecule is CN(C)C[C@]1(c2ccc3ccccc3c2)CC[C@@](C)(O)CC1. The summed E-state index contributed by atoms with van der Waals surface area (Å²) >= 11 is 0. The Kier molecular flexibility index (Phi) is 4.00. The third-order valence-corrected chi connectivity index (χ3v) is 5.26. The molecule has 0 saturated heterocycles. The van der Waals surface area contributed by atoms with Crippen LogP contribution in [0.1, 0.15) is 38.2 Å². The number of fused-ring (bicyclic) bond motifs is 1. The second kappa shape index (κ2) is 5.68. The van der Waals surface area contributed by atoms with Gasteiger partial charge in [-0.2, -0.15) is 0 Å². The van der Waals surface area contributed by atoms with Crippen LogP contribution in [0.4, 0.5) is 0 Å². The summed E-state index contributed by atoms with van der Waals surface area (Å²) in [5, 5.41) is 13.0. The van der Waals surface area contributed by atoms with Crippen LogP contribution in [0.2, 0.25) is 0 Å². The summed E-state index contributed by atoms with van der Waals surface area (Å²) in [5.74, 6) is 0. The van der Waals surface area contributed by atoms with Gasteiger partial charge in [-0.3, -0.25) is 0 Å². The maximum atomic E-state index is 10.3. The molecule has 1 N–H and O–H groups in total. The largest absolute Gasteiger partial charge is 0.390 e. The van der Waals surface area contributed by atoms with E-state index in [0.29, 0.717) is 0 Å². The molecule has 0 radical (unpaired) electrons. The van der Waals surface area contributed by atoms with Crippen molar-refractivity contribution in [2.24, 2.45) is 0 Å². The van der Waals surface area contributed by atoms with Crippen molar-refractivity contribution in [2.45, 2.75) is 43.6 Å². The van der Waals surface area contributed by atoms with E-state index >= 15 is 0 Å². The average molecular weight is 297 g/mol. The summed E-state index contributed by atoms with van der Waals surface area (Å²) in [6.07, 6.45) is 3.87. The van der Waals surface area contributed by atoms with Gasteiger partial charge in [0.25, 0.3) is 0 Å². The van der Waals surface area contributed by atoms with Crippen molar-refractivity contribution >= 4 is 10.8 Å². The molecule has 1 saturated carbocycles. The molecule has 1 fully saturated rings. The predicted molar refractivity (Wildman–Crippen MR) is 93.3 cm³/mol. The minimum absolute atomic E-state index is 0.162. The summed E-state index contributed by atoms with van der Waals surface area (Å²) < 4.78 is 0. The topological polar surface area (TPSA) is 23.5 Å². The minimum Gasteiger partial charge on any atom is -0.390 e. The molecule has 2 nitrogen and oxygen atoms in total. The Morgan fingerprint density at radius 2 is 1.59 bits per heavy atom. The fourth-order valence-corrected chi connectivity index (χ4v) is 3.93. The lowest BCUT2D eigenvalue weighted by atomic mass is 9.65. The van der Waals surface area contributed by atoms with E-state index in [4.69, 9.17) is 0 Å². The van der Waals surface area contributed by atoms with Crippen LogP contribution < -0.4 is 0 Å². The van der Waals surface area contributed by atoms with Gasteiger partial charge in [-0.15, -0.1) is 0 Å². The van der Waals surface area contributed by atoms with Crippen LogP contribution in [0.3, 0.4) is 0 Å². The highest BCUT2D eigenvalue weighted by Gasteiger charge is 2.40. The molecule has 2 aromatic rings. The molecule has 0 amide bonds. The number of hydrogen-bond donors (Lipinski definition) is 1. The molecule has 0 atom stereocenters. The van der Waals surface area contributed by atoms with Crippen molar-refractivity contribution in [2.75, 3.05) is 20.6 Å². The van der Waals surface area contributed by atoms with E-state index in [1.165, 1.54) is 16.3 Å². The highest BCUT2D eigenvalue weighted by molar-refractivity contribution is 5.83. The Bertz CT molecular complexity index is 650. The molecule has 22 heavy (non-hydrogen) atoms. The molecule has 0 unspecified atom stereocenters. The van der Waals surface area contributed by atoms with Gasteiger partial charge in [0.1, 0.15) is 0 Å². The van der Waals surface area contributed by atoms with Crippen LogP contribution >= 0.6 is 0 Å². The van der Waals surface area contributed by atoms with Gasteiger partial charge in [-0.05, 0) is 63.0 Å². The zero-order valence-electron chi connectivity index (χ0n) is 14.0. The van der Waals surface area contributed by atoms with Gasteiger partial charge in [0.15, 0.2) is 0 Å². The molecule has 1 aliphatic carbocycles. The number of likely N-dealkylation sites (N-methyl/N-ethyl adjacent to an activating group) is 1. The first-order valence-corrected chi connectivity index (χ1v) is 8.27. The number of aliphatic hydroxyl groups is 1. The quantitative estimate of drug-likeness (QED) is 0.927. The van der Waals surface area contributed by atoms with Crippen LogP contribution in [-0.2, 0) is 5.41 Å². The molecule has 3 rings (SSSR count). The van der Waals surface area contributed by atoms with Crippen molar-refractivity contribution in [1.82, 2.24) is 4.90 Å². The van der Waals surface area contributed by atoms with Crippen molar-refractivity contribution in [3.05, 3.63) is 48.0 Å². The zero-order valence-corrected chi connectivity index (χ0v) is 14.0. The Morgan fingerprint density at radius 1 is 0.955 bits per heavy atom. The first kappa shape index (κ1) is 15.5. The number of rotatable bonds is 3. The van der Waals surface area contributed by atoms with Crippen LogP contribution in [0.15, 0.2) is 42.5 Å². The van der Waals surface area contributed by atoms with E-state index in [2.05, 4.69) is 61.5 Å². The van der Waals surface area contributed by atoms with Crippen LogP contribution in [0.5, 0.6) is 0 Å². The molecule has 0 aliphatic heterocycles. The highest BCUT2D eigenvalue weighted by Crippen LogP contribution is 2.44. The van der Waals surface area contributed by atoms with Gasteiger partial charge in [0.2, 0.25) is 0 Å². The second-order valence-corrected chi connectivity index (χ2v) is 7.58. The molecule has 2 aromatic carbocycles. The lowest BCUT2D eigenvalue weighted by Gasteiger charge is -2.44. The molecule has 1 aliphatic rings. The normalized spacial score (nSPS) is 29.1. The van der Waals surface area contributed by atoms with Gasteiger partial charge in [-0.1, -0.05) is 42.5 Å². The van der Waals surface area contributed by atoms with Gasteiger partial charge in [0, 0.05) is 12.0 Å². The Balaban J connectivity index is 2.00. The summed E-state index contributed by atoms with van der Waals surface area (Å²) in [6.45, 7) is 3.02. The van der Waals surface area contributed by atoms with Crippen LogP contribution in [0.25, 0.3) is 10.8 Å². The molecule has 0 bridgehead atoms. The fourth-order valence-electron chi connectivity index (χ4n) is 3.93. The maximum absolute atomic E-state index is 10.3. The smallest absolute Gasteiger partial charge is 0.0620 e. The molecular weight excluding hydrogens is 270 g/mol. The van der Waals surface area contributed by atoms with Gasteiger partial charge in [-0.25, -0.2) is 0 Å². The summed E-state index contributed by atoms with van der Waals surface area (Å²) in [4.78, 5) is 2.29. The van der Waals surface area contributed by atoms with Crippen LogP contribution in [0, 0.1) is 0 Å². The molecule has 118 valence electrons.